The van der Waals surface area contributed by atoms with E-state index in [2.05, 4.69) is 5.16 Å². The Hall–Kier alpha value is -1.86. The van der Waals surface area contributed by atoms with Crippen molar-refractivity contribution in [2.24, 2.45) is 10.9 Å². The quantitative estimate of drug-likeness (QED) is 0.370. The topological polar surface area (TPSA) is 88.2 Å². The van der Waals surface area contributed by atoms with Crippen LogP contribution in [0.3, 0.4) is 0 Å². The summed E-state index contributed by atoms with van der Waals surface area (Å²) >= 11 is 5.77. The smallest absolute Gasteiger partial charge is 0.257 e. The van der Waals surface area contributed by atoms with Gasteiger partial charge in [-0.25, -0.2) is 4.39 Å². The lowest BCUT2D eigenvalue weighted by atomic mass is 10.1. The fourth-order valence-corrected chi connectivity index (χ4v) is 2.08. The highest BCUT2D eigenvalue weighted by atomic mass is 35.5. The Labute approximate surface area is 119 Å². The highest BCUT2D eigenvalue weighted by Gasteiger charge is 2.28. The van der Waals surface area contributed by atoms with E-state index in [1.54, 1.807) is 0 Å². The summed E-state index contributed by atoms with van der Waals surface area (Å²) in [6.45, 7) is 0.593. The number of nitrogens with zero attached hydrogens (tertiary/aromatic N) is 2. The van der Waals surface area contributed by atoms with Crippen LogP contribution in [0.25, 0.3) is 0 Å². The molecule has 1 aromatic rings. The predicted molar refractivity (Wildman–Crippen MR) is 70.5 cm³/mol. The van der Waals surface area contributed by atoms with Gasteiger partial charge in [-0.2, -0.15) is 0 Å². The summed E-state index contributed by atoms with van der Waals surface area (Å²) in [5, 5.41) is 11.7. The number of amidine groups is 1. The van der Waals surface area contributed by atoms with Crippen LogP contribution in [-0.4, -0.2) is 47.7 Å². The number of hydrogen-bond donors (Lipinski definition) is 2. The molecule has 1 amide bonds. The van der Waals surface area contributed by atoms with Crippen LogP contribution in [-0.2, 0) is 4.74 Å². The Morgan fingerprint density at radius 2 is 2.35 bits per heavy atom. The van der Waals surface area contributed by atoms with Gasteiger partial charge in [0.05, 0.1) is 18.7 Å². The third-order valence-corrected chi connectivity index (χ3v) is 3.19. The molecule has 108 valence electrons. The molecule has 0 bridgehead atoms. The van der Waals surface area contributed by atoms with Gasteiger partial charge < -0.3 is 20.6 Å². The largest absolute Gasteiger partial charge is 0.409 e. The van der Waals surface area contributed by atoms with Gasteiger partial charge in [0.25, 0.3) is 5.91 Å². The Morgan fingerprint density at radius 1 is 1.60 bits per heavy atom. The molecule has 2 rings (SSSR count). The average Bonchev–Trinajstić information content (AvgIpc) is 2.48. The molecule has 1 heterocycles. The fraction of sp³-hybridized carbons (Fsp3) is 0.333. The number of morpholine rings is 1. The van der Waals surface area contributed by atoms with Gasteiger partial charge in [0.2, 0.25) is 0 Å². The molecule has 1 aliphatic heterocycles. The molecule has 0 spiro atoms. The summed E-state index contributed by atoms with van der Waals surface area (Å²) in [6, 6.07) is 3.77. The molecular weight excluding hydrogens is 289 g/mol. The van der Waals surface area contributed by atoms with E-state index < -0.39 is 17.8 Å². The van der Waals surface area contributed by atoms with Crippen molar-refractivity contribution < 1.29 is 19.1 Å². The third-order valence-electron chi connectivity index (χ3n) is 2.96. The summed E-state index contributed by atoms with van der Waals surface area (Å²) in [5.74, 6) is -1.29. The Kier molecular flexibility index (Phi) is 4.41. The molecule has 0 radical (unpaired) electrons. The van der Waals surface area contributed by atoms with Crippen LogP contribution in [0.5, 0.6) is 0 Å². The summed E-state index contributed by atoms with van der Waals surface area (Å²) in [5.41, 5.74) is 5.33. The molecule has 1 unspecified atom stereocenters. The molecule has 1 atom stereocenters. The molecule has 0 aliphatic carbocycles. The first-order chi connectivity index (χ1) is 9.52. The van der Waals surface area contributed by atoms with E-state index in [1.165, 1.54) is 17.0 Å². The van der Waals surface area contributed by atoms with Crippen molar-refractivity contribution >= 4 is 23.3 Å². The van der Waals surface area contributed by atoms with E-state index in [0.29, 0.717) is 6.54 Å². The summed E-state index contributed by atoms with van der Waals surface area (Å²) < 4.78 is 18.9. The van der Waals surface area contributed by atoms with Crippen molar-refractivity contribution in [2.45, 2.75) is 6.10 Å². The highest BCUT2D eigenvalue weighted by molar-refractivity contribution is 6.31. The van der Waals surface area contributed by atoms with E-state index in [1.807, 2.05) is 0 Å². The molecule has 3 N–H and O–H groups in total. The van der Waals surface area contributed by atoms with Crippen molar-refractivity contribution in [1.29, 1.82) is 0 Å². The highest BCUT2D eigenvalue weighted by Crippen LogP contribution is 2.18. The molecule has 1 saturated heterocycles. The maximum absolute atomic E-state index is 13.7. The van der Waals surface area contributed by atoms with Crippen LogP contribution in [0.1, 0.15) is 10.4 Å². The first-order valence-electron chi connectivity index (χ1n) is 5.86. The zero-order valence-electron chi connectivity index (χ0n) is 10.4. The maximum Gasteiger partial charge on any atom is 0.257 e. The van der Waals surface area contributed by atoms with E-state index >= 15 is 0 Å². The second-order valence-electron chi connectivity index (χ2n) is 4.26. The van der Waals surface area contributed by atoms with Gasteiger partial charge in [-0.05, 0) is 18.2 Å². The Morgan fingerprint density at radius 3 is 3.05 bits per heavy atom. The zero-order valence-corrected chi connectivity index (χ0v) is 11.2. The number of hydrogen-bond acceptors (Lipinski definition) is 4. The molecule has 6 nitrogen and oxygen atoms in total. The first-order valence-corrected chi connectivity index (χ1v) is 6.24. The van der Waals surface area contributed by atoms with Gasteiger partial charge in [0, 0.05) is 11.6 Å². The van der Waals surface area contributed by atoms with Crippen LogP contribution in [0.2, 0.25) is 5.02 Å². The number of rotatable bonds is 2. The zero-order chi connectivity index (χ0) is 14.7. The number of carbonyl (C=O) groups excluding carboxylic acids is 1. The third kappa shape index (κ3) is 3.00. The SMILES string of the molecule is NC(=NO)C1CN(C(=O)c2cc(Cl)ccc2F)CCO1. The summed E-state index contributed by atoms with van der Waals surface area (Å²) in [6.07, 6.45) is -0.708. The lowest BCUT2D eigenvalue weighted by Gasteiger charge is -2.32. The number of amides is 1. The van der Waals surface area contributed by atoms with Gasteiger partial charge in [-0.1, -0.05) is 16.8 Å². The van der Waals surface area contributed by atoms with Crippen molar-refractivity contribution in [2.75, 3.05) is 19.7 Å². The van der Waals surface area contributed by atoms with Crippen LogP contribution >= 0.6 is 11.6 Å². The number of carbonyl (C=O) groups is 1. The monoisotopic (exact) mass is 301 g/mol. The van der Waals surface area contributed by atoms with E-state index in [0.717, 1.165) is 6.07 Å². The van der Waals surface area contributed by atoms with Gasteiger partial charge >= 0.3 is 0 Å². The Bertz CT molecular complexity index is 553. The molecule has 0 aromatic heterocycles. The van der Waals surface area contributed by atoms with Crippen molar-refractivity contribution in [3.63, 3.8) is 0 Å². The second-order valence-corrected chi connectivity index (χ2v) is 4.70. The van der Waals surface area contributed by atoms with Crippen LogP contribution in [0.4, 0.5) is 4.39 Å². The van der Waals surface area contributed by atoms with E-state index in [-0.39, 0.29) is 29.6 Å². The van der Waals surface area contributed by atoms with Crippen molar-refractivity contribution in [3.8, 4) is 0 Å². The molecular formula is C12H13ClFN3O3. The minimum atomic E-state index is -0.708. The van der Waals surface area contributed by atoms with Crippen molar-refractivity contribution in [3.05, 3.63) is 34.6 Å². The predicted octanol–water partition coefficient (Wildman–Crippen LogP) is 1.07. The number of benzene rings is 1. The summed E-state index contributed by atoms with van der Waals surface area (Å²) in [7, 11) is 0. The second kappa shape index (κ2) is 6.06. The number of nitrogens with two attached hydrogens (primary N) is 1. The lowest BCUT2D eigenvalue weighted by molar-refractivity contribution is 0.00654. The number of ether oxygens (including phenoxy) is 1. The fourth-order valence-electron chi connectivity index (χ4n) is 1.91. The number of halogens is 2. The molecule has 1 aliphatic rings. The van der Waals surface area contributed by atoms with Crippen LogP contribution in [0, 0.1) is 5.82 Å². The molecule has 0 saturated carbocycles. The molecule has 20 heavy (non-hydrogen) atoms. The van der Waals surface area contributed by atoms with Gasteiger partial charge in [0.15, 0.2) is 5.84 Å². The number of oxime groups is 1. The average molecular weight is 302 g/mol. The normalized spacial score (nSPS) is 20.0. The van der Waals surface area contributed by atoms with Crippen LogP contribution in [0.15, 0.2) is 23.4 Å². The summed E-state index contributed by atoms with van der Waals surface area (Å²) in [4.78, 5) is 13.6. The lowest BCUT2D eigenvalue weighted by Crippen LogP contribution is -2.50. The molecule has 1 aromatic carbocycles. The first kappa shape index (κ1) is 14.5. The van der Waals surface area contributed by atoms with E-state index in [4.69, 9.17) is 27.3 Å². The minimum Gasteiger partial charge on any atom is -0.409 e. The standard InChI is InChI=1S/C12H13ClFN3O3/c13-7-1-2-9(14)8(5-7)12(18)17-3-4-20-10(6-17)11(15)16-19/h1-2,5,10,19H,3-4,6H2,(H2,15,16). The van der Waals surface area contributed by atoms with Gasteiger partial charge in [-0.15, -0.1) is 0 Å². The van der Waals surface area contributed by atoms with Gasteiger partial charge in [0.1, 0.15) is 11.9 Å². The van der Waals surface area contributed by atoms with Gasteiger partial charge in [-0.3, -0.25) is 4.79 Å². The van der Waals surface area contributed by atoms with E-state index in [9.17, 15) is 9.18 Å². The maximum atomic E-state index is 13.7. The van der Waals surface area contributed by atoms with Crippen LogP contribution < -0.4 is 5.73 Å². The van der Waals surface area contributed by atoms with Crippen molar-refractivity contribution in [1.82, 2.24) is 4.90 Å². The molecule has 1 fully saturated rings. The minimum absolute atomic E-state index is 0.0840. The molecule has 8 heteroatoms. The Balaban J connectivity index is 2.18.